The van der Waals surface area contributed by atoms with Crippen molar-refractivity contribution in [2.24, 2.45) is 7.05 Å². The molecule has 0 saturated heterocycles. The van der Waals surface area contributed by atoms with Crippen molar-refractivity contribution >= 4 is 11.1 Å². The van der Waals surface area contributed by atoms with Gasteiger partial charge in [-0.3, -0.25) is 0 Å². The van der Waals surface area contributed by atoms with E-state index in [0.717, 1.165) is 42.3 Å². The van der Waals surface area contributed by atoms with Gasteiger partial charge in [0.1, 0.15) is 23.2 Å². The minimum absolute atomic E-state index is 0.257. The lowest BCUT2D eigenvalue weighted by Crippen LogP contribution is -2.13. The fraction of sp³-hybridized carbons (Fsp3) is 0.286. The number of benzene rings is 2. The van der Waals surface area contributed by atoms with Gasteiger partial charge in [-0.25, -0.2) is 19.9 Å². The molecule has 0 aliphatic heterocycles. The van der Waals surface area contributed by atoms with Gasteiger partial charge in [0.05, 0.1) is 12.8 Å². The third-order valence-electron chi connectivity index (χ3n) is 7.01. The SMILES string of the molecule is COc1ncnc(C2CCC2)c1-c1nc2cccc(Cc3ccc(-c4nc(C(F)(F)F)cn4C)cc3)c2o1. The van der Waals surface area contributed by atoms with E-state index in [1.54, 1.807) is 26.3 Å². The molecule has 5 aromatic rings. The molecule has 3 heterocycles. The first kappa shape index (κ1) is 24.1. The Morgan fingerprint density at radius 3 is 2.50 bits per heavy atom. The summed E-state index contributed by atoms with van der Waals surface area (Å²) >= 11 is 0. The number of alkyl halides is 3. The number of para-hydroxylation sites is 1. The average Bonchev–Trinajstić information content (AvgIpc) is 3.48. The maximum absolute atomic E-state index is 13.1. The van der Waals surface area contributed by atoms with Crippen molar-refractivity contribution in [2.45, 2.75) is 37.8 Å². The molecule has 0 spiro atoms. The summed E-state index contributed by atoms with van der Waals surface area (Å²) < 4.78 is 52.4. The quantitative estimate of drug-likeness (QED) is 0.252. The number of rotatable bonds is 6. The predicted octanol–water partition coefficient (Wildman–Crippen LogP) is 6.57. The molecule has 1 fully saturated rings. The van der Waals surface area contributed by atoms with Crippen molar-refractivity contribution in [3.63, 3.8) is 0 Å². The van der Waals surface area contributed by atoms with Crippen LogP contribution in [0.1, 0.15) is 47.7 Å². The molecule has 38 heavy (non-hydrogen) atoms. The number of methoxy groups -OCH3 is 1. The number of hydrogen-bond acceptors (Lipinski definition) is 6. The summed E-state index contributed by atoms with van der Waals surface area (Å²) in [5.41, 5.74) is 4.57. The van der Waals surface area contributed by atoms with Crippen LogP contribution in [0.5, 0.6) is 5.88 Å². The first-order valence-corrected chi connectivity index (χ1v) is 12.3. The van der Waals surface area contributed by atoms with E-state index in [1.165, 1.54) is 10.9 Å². The summed E-state index contributed by atoms with van der Waals surface area (Å²) in [6.07, 6.45) is 1.86. The average molecular weight is 520 g/mol. The molecule has 3 aromatic heterocycles. The van der Waals surface area contributed by atoms with Gasteiger partial charge in [-0.1, -0.05) is 42.8 Å². The number of imidazole rings is 1. The van der Waals surface area contributed by atoms with Crippen LogP contribution in [0.4, 0.5) is 13.2 Å². The Balaban J connectivity index is 1.32. The molecular formula is C28H24F3N5O2. The second-order valence-corrected chi connectivity index (χ2v) is 9.49. The van der Waals surface area contributed by atoms with Crippen LogP contribution in [-0.4, -0.2) is 31.6 Å². The largest absolute Gasteiger partial charge is 0.480 e. The highest BCUT2D eigenvalue weighted by Crippen LogP contribution is 2.43. The molecule has 1 aliphatic rings. The predicted molar refractivity (Wildman–Crippen MR) is 135 cm³/mol. The highest BCUT2D eigenvalue weighted by molar-refractivity contribution is 5.81. The summed E-state index contributed by atoms with van der Waals surface area (Å²) in [5, 5.41) is 0. The molecule has 0 bridgehead atoms. The number of aromatic nitrogens is 5. The fourth-order valence-electron chi connectivity index (χ4n) is 4.84. The second-order valence-electron chi connectivity index (χ2n) is 9.49. The molecular weight excluding hydrogens is 495 g/mol. The number of ether oxygens (including phenoxy) is 1. The van der Waals surface area contributed by atoms with Crippen molar-refractivity contribution in [1.82, 2.24) is 24.5 Å². The standard InChI is InChI=1S/C28H24F3N5O2/c1-36-14-21(28(29,30)31)35-25(36)18-11-9-16(10-12-18)13-19-7-4-8-20-24(19)38-27(34-20)22-23(17-5-3-6-17)32-15-33-26(22)37-2/h4,7-12,14-15,17H,3,5-6,13H2,1-2H3. The van der Waals surface area contributed by atoms with Crippen LogP contribution in [0.15, 0.2) is 59.4 Å². The van der Waals surface area contributed by atoms with Gasteiger partial charge in [0.15, 0.2) is 11.3 Å². The molecule has 1 saturated carbocycles. The summed E-state index contributed by atoms with van der Waals surface area (Å²) in [5.74, 6) is 1.46. The van der Waals surface area contributed by atoms with Crippen LogP contribution in [0.3, 0.4) is 0 Å². The molecule has 0 amide bonds. The van der Waals surface area contributed by atoms with E-state index in [9.17, 15) is 13.2 Å². The number of nitrogens with zero attached hydrogens (tertiary/aromatic N) is 5. The Morgan fingerprint density at radius 2 is 1.84 bits per heavy atom. The minimum Gasteiger partial charge on any atom is -0.480 e. The molecule has 7 nitrogen and oxygen atoms in total. The zero-order valence-electron chi connectivity index (χ0n) is 20.8. The Hall–Kier alpha value is -4.21. The van der Waals surface area contributed by atoms with E-state index in [2.05, 4.69) is 15.0 Å². The maximum Gasteiger partial charge on any atom is 0.434 e. The van der Waals surface area contributed by atoms with Gasteiger partial charge in [0, 0.05) is 36.7 Å². The zero-order chi connectivity index (χ0) is 26.4. The number of oxazole rings is 1. The van der Waals surface area contributed by atoms with Gasteiger partial charge >= 0.3 is 6.18 Å². The highest BCUT2D eigenvalue weighted by Gasteiger charge is 2.34. The monoisotopic (exact) mass is 519 g/mol. The van der Waals surface area contributed by atoms with Crippen molar-refractivity contribution in [3.05, 3.63) is 77.5 Å². The van der Waals surface area contributed by atoms with Crippen LogP contribution in [0.2, 0.25) is 0 Å². The Labute approximate surface area is 216 Å². The van der Waals surface area contributed by atoms with Crippen LogP contribution in [0.25, 0.3) is 33.9 Å². The molecule has 2 aromatic carbocycles. The highest BCUT2D eigenvalue weighted by atomic mass is 19.4. The van der Waals surface area contributed by atoms with E-state index in [-0.39, 0.29) is 5.82 Å². The van der Waals surface area contributed by atoms with E-state index < -0.39 is 11.9 Å². The zero-order valence-corrected chi connectivity index (χ0v) is 20.8. The third-order valence-corrected chi connectivity index (χ3v) is 7.01. The molecule has 0 unspecified atom stereocenters. The van der Waals surface area contributed by atoms with Crippen molar-refractivity contribution in [2.75, 3.05) is 7.11 Å². The van der Waals surface area contributed by atoms with E-state index in [1.807, 2.05) is 30.3 Å². The molecule has 1 aliphatic carbocycles. The molecule has 0 N–H and O–H groups in total. The first-order chi connectivity index (χ1) is 18.3. The lowest BCUT2D eigenvalue weighted by Gasteiger charge is -2.26. The number of hydrogen-bond donors (Lipinski definition) is 0. The van der Waals surface area contributed by atoms with E-state index in [0.29, 0.717) is 46.3 Å². The topological polar surface area (TPSA) is 78.9 Å². The van der Waals surface area contributed by atoms with Crippen molar-refractivity contribution in [1.29, 1.82) is 0 Å². The second kappa shape index (κ2) is 9.27. The lowest BCUT2D eigenvalue weighted by molar-refractivity contribution is -0.140. The minimum atomic E-state index is -4.49. The Morgan fingerprint density at radius 1 is 1.05 bits per heavy atom. The van der Waals surface area contributed by atoms with E-state index >= 15 is 0 Å². The van der Waals surface area contributed by atoms with Crippen molar-refractivity contribution in [3.8, 4) is 28.7 Å². The van der Waals surface area contributed by atoms with Gasteiger partial charge in [-0.05, 0) is 24.5 Å². The molecule has 10 heteroatoms. The van der Waals surface area contributed by atoms with Gasteiger partial charge in [0.25, 0.3) is 0 Å². The summed E-state index contributed by atoms with van der Waals surface area (Å²) in [6.45, 7) is 0. The van der Waals surface area contributed by atoms with Crippen LogP contribution >= 0.6 is 0 Å². The summed E-state index contributed by atoms with van der Waals surface area (Å²) in [7, 11) is 3.12. The summed E-state index contributed by atoms with van der Waals surface area (Å²) in [4.78, 5) is 17.4. The number of aryl methyl sites for hydroxylation is 1. The van der Waals surface area contributed by atoms with Crippen LogP contribution in [0, 0.1) is 0 Å². The number of halogens is 3. The van der Waals surface area contributed by atoms with Gasteiger partial charge in [0.2, 0.25) is 11.8 Å². The maximum atomic E-state index is 13.1. The van der Waals surface area contributed by atoms with Crippen LogP contribution < -0.4 is 4.74 Å². The smallest absolute Gasteiger partial charge is 0.434 e. The molecule has 0 atom stereocenters. The van der Waals surface area contributed by atoms with Gasteiger partial charge in [-0.2, -0.15) is 13.2 Å². The van der Waals surface area contributed by atoms with Gasteiger partial charge in [-0.15, -0.1) is 0 Å². The molecule has 194 valence electrons. The van der Waals surface area contributed by atoms with Gasteiger partial charge < -0.3 is 13.7 Å². The van der Waals surface area contributed by atoms with Crippen LogP contribution in [-0.2, 0) is 19.6 Å². The fourth-order valence-corrected chi connectivity index (χ4v) is 4.84. The third kappa shape index (κ3) is 4.29. The molecule has 6 rings (SSSR count). The normalized spacial score (nSPS) is 14.1. The number of fused-ring (bicyclic) bond motifs is 1. The van der Waals surface area contributed by atoms with E-state index in [4.69, 9.17) is 14.1 Å². The molecule has 0 radical (unpaired) electrons. The van der Waals surface area contributed by atoms with Crippen molar-refractivity contribution < 1.29 is 22.3 Å². The first-order valence-electron chi connectivity index (χ1n) is 12.3. The Bertz CT molecular complexity index is 1620. The summed E-state index contributed by atoms with van der Waals surface area (Å²) in [6, 6.07) is 13.1. The lowest BCUT2D eigenvalue weighted by atomic mass is 9.81. The Kier molecular flexibility index (Phi) is 5.89.